The van der Waals surface area contributed by atoms with E-state index in [1.807, 2.05) is 42.6 Å². The monoisotopic (exact) mass is 310 g/mol. The van der Waals surface area contributed by atoms with Crippen molar-refractivity contribution in [3.05, 3.63) is 59.8 Å². The van der Waals surface area contributed by atoms with Gasteiger partial charge in [0, 0.05) is 51.5 Å². The standard InChI is InChI=1S/C18H22N4O/c1-19-18(23)16-7-5-15(6-8-16)14-21-10-12-22(13-11-21)17-4-2-3-9-20-17/h2-9H,10-14H2,1H3,(H,19,23). The number of nitrogens with one attached hydrogen (secondary N) is 1. The van der Waals surface area contributed by atoms with Crippen LogP contribution in [0.15, 0.2) is 48.7 Å². The molecule has 0 atom stereocenters. The molecule has 0 radical (unpaired) electrons. The summed E-state index contributed by atoms with van der Waals surface area (Å²) in [5.74, 6) is 1.02. The minimum absolute atomic E-state index is 0.0412. The van der Waals surface area contributed by atoms with Gasteiger partial charge in [-0.3, -0.25) is 9.69 Å². The smallest absolute Gasteiger partial charge is 0.251 e. The Hall–Kier alpha value is -2.40. The first-order valence-electron chi connectivity index (χ1n) is 7.95. The molecule has 0 spiro atoms. The highest BCUT2D eigenvalue weighted by Crippen LogP contribution is 2.14. The molecule has 1 aliphatic heterocycles. The summed E-state index contributed by atoms with van der Waals surface area (Å²) in [6, 6.07) is 13.9. The third-order valence-corrected chi connectivity index (χ3v) is 4.19. The minimum atomic E-state index is -0.0412. The Balaban J connectivity index is 1.53. The maximum Gasteiger partial charge on any atom is 0.251 e. The van der Waals surface area contributed by atoms with Crippen LogP contribution in [0.25, 0.3) is 0 Å². The summed E-state index contributed by atoms with van der Waals surface area (Å²) < 4.78 is 0. The lowest BCUT2D eigenvalue weighted by Gasteiger charge is -2.35. The van der Waals surface area contributed by atoms with Crippen LogP contribution in [0.2, 0.25) is 0 Å². The molecule has 1 amide bonds. The lowest BCUT2D eigenvalue weighted by Crippen LogP contribution is -2.46. The van der Waals surface area contributed by atoms with Gasteiger partial charge >= 0.3 is 0 Å². The molecule has 2 aromatic rings. The second kappa shape index (κ2) is 7.24. The Bertz CT molecular complexity index is 634. The molecular weight excluding hydrogens is 288 g/mol. The van der Waals surface area contributed by atoms with Crippen LogP contribution in [-0.2, 0) is 6.54 Å². The number of amides is 1. The lowest BCUT2D eigenvalue weighted by molar-refractivity contribution is 0.0963. The Labute approximate surface area is 136 Å². The zero-order chi connectivity index (χ0) is 16.1. The second-order valence-corrected chi connectivity index (χ2v) is 5.73. The predicted molar refractivity (Wildman–Crippen MR) is 91.6 cm³/mol. The van der Waals surface area contributed by atoms with Crippen molar-refractivity contribution in [2.24, 2.45) is 0 Å². The van der Waals surface area contributed by atoms with Gasteiger partial charge < -0.3 is 10.2 Å². The fraction of sp³-hybridized carbons (Fsp3) is 0.333. The normalized spacial score (nSPS) is 15.4. The van der Waals surface area contributed by atoms with Gasteiger partial charge in [0.25, 0.3) is 5.91 Å². The number of hydrogen-bond donors (Lipinski definition) is 1. The van der Waals surface area contributed by atoms with Crippen molar-refractivity contribution in [2.75, 3.05) is 38.1 Å². The molecular formula is C18H22N4O. The first-order chi connectivity index (χ1) is 11.3. The molecule has 0 unspecified atom stereocenters. The first-order valence-corrected chi connectivity index (χ1v) is 7.95. The molecule has 0 bridgehead atoms. The van der Waals surface area contributed by atoms with Crippen molar-refractivity contribution < 1.29 is 4.79 Å². The predicted octanol–water partition coefficient (Wildman–Crippen LogP) is 1.76. The maximum atomic E-state index is 11.6. The van der Waals surface area contributed by atoms with Gasteiger partial charge in [-0.15, -0.1) is 0 Å². The average molecular weight is 310 g/mol. The Morgan fingerprint density at radius 2 is 1.83 bits per heavy atom. The molecule has 1 aromatic carbocycles. The summed E-state index contributed by atoms with van der Waals surface area (Å²) in [7, 11) is 1.65. The molecule has 0 saturated carbocycles. The number of hydrogen-bond acceptors (Lipinski definition) is 4. The Morgan fingerprint density at radius 1 is 1.09 bits per heavy atom. The summed E-state index contributed by atoms with van der Waals surface area (Å²) in [5.41, 5.74) is 1.94. The van der Waals surface area contributed by atoms with E-state index in [1.54, 1.807) is 7.05 Å². The van der Waals surface area contributed by atoms with E-state index in [0.717, 1.165) is 38.5 Å². The zero-order valence-electron chi connectivity index (χ0n) is 13.4. The summed E-state index contributed by atoms with van der Waals surface area (Å²) in [6.45, 7) is 4.95. The van der Waals surface area contributed by atoms with Gasteiger partial charge in [0.2, 0.25) is 0 Å². The van der Waals surface area contributed by atoms with Crippen LogP contribution in [0.5, 0.6) is 0 Å². The summed E-state index contributed by atoms with van der Waals surface area (Å²) >= 11 is 0. The van der Waals surface area contributed by atoms with Gasteiger partial charge in [0.15, 0.2) is 0 Å². The largest absolute Gasteiger partial charge is 0.355 e. The number of piperazine rings is 1. The average Bonchev–Trinajstić information content (AvgIpc) is 2.63. The molecule has 1 fully saturated rings. The van der Waals surface area contributed by atoms with E-state index in [9.17, 15) is 4.79 Å². The highest BCUT2D eigenvalue weighted by atomic mass is 16.1. The topological polar surface area (TPSA) is 48.5 Å². The molecule has 2 heterocycles. The van der Waals surface area contributed by atoms with Crippen LogP contribution in [-0.4, -0.2) is 49.0 Å². The third-order valence-electron chi connectivity index (χ3n) is 4.19. The first kappa shape index (κ1) is 15.5. The summed E-state index contributed by atoms with van der Waals surface area (Å²) in [5, 5.41) is 2.64. The molecule has 1 saturated heterocycles. The number of anilines is 1. The van der Waals surface area contributed by atoms with Crippen molar-refractivity contribution in [2.45, 2.75) is 6.54 Å². The van der Waals surface area contributed by atoms with Crippen molar-refractivity contribution in [3.63, 3.8) is 0 Å². The molecule has 5 heteroatoms. The van der Waals surface area contributed by atoms with Crippen LogP contribution in [0.1, 0.15) is 15.9 Å². The fourth-order valence-corrected chi connectivity index (χ4v) is 2.84. The third kappa shape index (κ3) is 3.87. The Morgan fingerprint density at radius 3 is 2.43 bits per heavy atom. The van der Waals surface area contributed by atoms with Gasteiger partial charge in [-0.25, -0.2) is 4.98 Å². The van der Waals surface area contributed by atoms with Crippen LogP contribution < -0.4 is 10.2 Å². The van der Waals surface area contributed by atoms with Gasteiger partial charge in [-0.1, -0.05) is 18.2 Å². The van der Waals surface area contributed by atoms with Crippen molar-refractivity contribution in [1.29, 1.82) is 0 Å². The van der Waals surface area contributed by atoms with Crippen LogP contribution in [0.4, 0.5) is 5.82 Å². The van der Waals surface area contributed by atoms with E-state index < -0.39 is 0 Å². The molecule has 1 N–H and O–H groups in total. The van der Waals surface area contributed by atoms with Gasteiger partial charge in [0.05, 0.1) is 0 Å². The molecule has 1 aliphatic rings. The van der Waals surface area contributed by atoms with Crippen LogP contribution in [0, 0.1) is 0 Å². The van der Waals surface area contributed by atoms with Crippen molar-refractivity contribution >= 4 is 11.7 Å². The maximum absolute atomic E-state index is 11.6. The van der Waals surface area contributed by atoms with E-state index in [4.69, 9.17) is 0 Å². The van der Waals surface area contributed by atoms with E-state index in [1.165, 1.54) is 5.56 Å². The van der Waals surface area contributed by atoms with E-state index >= 15 is 0 Å². The molecule has 23 heavy (non-hydrogen) atoms. The lowest BCUT2D eigenvalue weighted by atomic mass is 10.1. The van der Waals surface area contributed by atoms with Crippen molar-refractivity contribution in [3.8, 4) is 0 Å². The van der Waals surface area contributed by atoms with Crippen LogP contribution >= 0.6 is 0 Å². The van der Waals surface area contributed by atoms with Crippen molar-refractivity contribution in [1.82, 2.24) is 15.2 Å². The Kier molecular flexibility index (Phi) is 4.88. The highest BCUT2D eigenvalue weighted by Gasteiger charge is 2.17. The van der Waals surface area contributed by atoms with E-state index in [0.29, 0.717) is 5.56 Å². The highest BCUT2D eigenvalue weighted by molar-refractivity contribution is 5.93. The number of nitrogens with zero attached hydrogens (tertiary/aromatic N) is 3. The quantitative estimate of drug-likeness (QED) is 0.935. The molecule has 3 rings (SSSR count). The molecule has 0 aliphatic carbocycles. The number of carbonyl (C=O) groups is 1. The molecule has 1 aromatic heterocycles. The summed E-state index contributed by atoms with van der Waals surface area (Å²) in [4.78, 5) is 20.7. The fourth-order valence-electron chi connectivity index (χ4n) is 2.84. The van der Waals surface area contributed by atoms with E-state index in [2.05, 4.69) is 26.2 Å². The number of rotatable bonds is 4. The van der Waals surface area contributed by atoms with Gasteiger partial charge in [-0.05, 0) is 29.8 Å². The van der Waals surface area contributed by atoms with Gasteiger partial charge in [-0.2, -0.15) is 0 Å². The molecule has 120 valence electrons. The zero-order valence-corrected chi connectivity index (χ0v) is 13.4. The summed E-state index contributed by atoms with van der Waals surface area (Å²) in [6.07, 6.45) is 1.84. The van der Waals surface area contributed by atoms with Crippen LogP contribution in [0.3, 0.4) is 0 Å². The number of pyridine rings is 1. The number of aromatic nitrogens is 1. The SMILES string of the molecule is CNC(=O)c1ccc(CN2CCN(c3ccccn3)CC2)cc1. The number of benzene rings is 1. The van der Waals surface area contributed by atoms with Gasteiger partial charge in [0.1, 0.15) is 5.82 Å². The van der Waals surface area contributed by atoms with E-state index in [-0.39, 0.29) is 5.91 Å². The number of carbonyl (C=O) groups excluding carboxylic acids is 1. The minimum Gasteiger partial charge on any atom is -0.355 e. The molecule has 5 nitrogen and oxygen atoms in total. The second-order valence-electron chi connectivity index (χ2n) is 5.73.